The summed E-state index contributed by atoms with van der Waals surface area (Å²) in [5, 5.41) is 9.13. The van der Waals surface area contributed by atoms with E-state index < -0.39 is 5.97 Å². The van der Waals surface area contributed by atoms with E-state index in [1.807, 2.05) is 12.1 Å². The lowest BCUT2D eigenvalue weighted by atomic mass is 10.1. The largest absolute Gasteiger partial charge is 0.477 e. The third kappa shape index (κ3) is 2.93. The number of aromatic nitrogens is 1. The highest BCUT2D eigenvalue weighted by Gasteiger charge is 2.31. The summed E-state index contributed by atoms with van der Waals surface area (Å²) in [7, 11) is 0. The molecule has 1 aromatic heterocycles. The molecule has 0 atom stereocenters. The second kappa shape index (κ2) is 5.27. The Morgan fingerprint density at radius 2 is 2.05 bits per heavy atom. The van der Waals surface area contributed by atoms with E-state index in [1.165, 1.54) is 19.0 Å². The molecule has 1 aromatic rings. The van der Waals surface area contributed by atoms with Gasteiger partial charge in [0, 0.05) is 45.0 Å². The van der Waals surface area contributed by atoms with Crippen LogP contribution < -0.4 is 0 Å². The van der Waals surface area contributed by atoms with Crippen LogP contribution in [0.1, 0.15) is 28.9 Å². The van der Waals surface area contributed by atoms with Gasteiger partial charge in [0.2, 0.25) is 0 Å². The van der Waals surface area contributed by atoms with Gasteiger partial charge in [-0.1, -0.05) is 6.07 Å². The number of hydrogen-bond acceptors (Lipinski definition) is 4. The van der Waals surface area contributed by atoms with Gasteiger partial charge in [-0.25, -0.2) is 9.78 Å². The van der Waals surface area contributed by atoms with Gasteiger partial charge in [-0.05, 0) is 24.5 Å². The lowest BCUT2D eigenvalue weighted by Gasteiger charge is -2.34. The Hall–Kier alpha value is -1.46. The van der Waals surface area contributed by atoms with E-state index in [0.717, 1.165) is 37.8 Å². The molecule has 3 rings (SSSR count). The van der Waals surface area contributed by atoms with Gasteiger partial charge < -0.3 is 5.11 Å². The van der Waals surface area contributed by atoms with Crippen molar-refractivity contribution in [2.75, 3.05) is 26.2 Å². The minimum atomic E-state index is -0.938. The number of aromatic carboxylic acids is 1. The lowest BCUT2D eigenvalue weighted by Crippen LogP contribution is -2.46. The summed E-state index contributed by atoms with van der Waals surface area (Å²) in [6.07, 6.45) is 4.25. The van der Waals surface area contributed by atoms with Crippen LogP contribution in [0.5, 0.6) is 0 Å². The molecule has 5 heteroatoms. The molecule has 2 fully saturated rings. The Bertz CT molecular complexity index is 466. The topological polar surface area (TPSA) is 56.7 Å². The fourth-order valence-electron chi connectivity index (χ4n) is 2.73. The summed E-state index contributed by atoms with van der Waals surface area (Å²) in [5.41, 5.74) is 1.00. The Labute approximate surface area is 112 Å². The number of carboxylic acids is 1. The Morgan fingerprint density at radius 3 is 2.68 bits per heavy atom. The lowest BCUT2D eigenvalue weighted by molar-refractivity contribution is 0.0686. The predicted molar refractivity (Wildman–Crippen MR) is 71.1 cm³/mol. The summed E-state index contributed by atoms with van der Waals surface area (Å²) >= 11 is 0. The molecule has 2 aliphatic rings. The molecule has 1 aliphatic carbocycles. The number of rotatable bonds is 4. The van der Waals surface area contributed by atoms with E-state index >= 15 is 0 Å². The molecule has 0 amide bonds. The first-order valence-electron chi connectivity index (χ1n) is 6.87. The fourth-order valence-corrected chi connectivity index (χ4v) is 2.73. The van der Waals surface area contributed by atoms with Crippen molar-refractivity contribution in [3.63, 3.8) is 0 Å². The van der Waals surface area contributed by atoms with Crippen LogP contribution in [0.15, 0.2) is 18.3 Å². The maximum absolute atomic E-state index is 11.1. The van der Waals surface area contributed by atoms with Crippen molar-refractivity contribution in [2.24, 2.45) is 0 Å². The molecule has 1 saturated heterocycles. The maximum atomic E-state index is 11.1. The Kier molecular flexibility index (Phi) is 3.48. The molecule has 2 heterocycles. The Morgan fingerprint density at radius 1 is 1.32 bits per heavy atom. The zero-order valence-corrected chi connectivity index (χ0v) is 11.0. The molecular formula is C14H19N3O2. The van der Waals surface area contributed by atoms with Crippen molar-refractivity contribution in [3.05, 3.63) is 29.6 Å². The van der Waals surface area contributed by atoms with E-state index in [2.05, 4.69) is 14.8 Å². The summed E-state index contributed by atoms with van der Waals surface area (Å²) in [6.45, 7) is 4.93. The van der Waals surface area contributed by atoms with Gasteiger partial charge in [0.15, 0.2) is 5.69 Å². The van der Waals surface area contributed by atoms with Gasteiger partial charge in [-0.3, -0.25) is 9.80 Å². The summed E-state index contributed by atoms with van der Waals surface area (Å²) in [6, 6.07) is 4.50. The van der Waals surface area contributed by atoms with Gasteiger partial charge in [0.25, 0.3) is 0 Å². The SMILES string of the molecule is O=C(O)c1ncccc1CN1CCN(C2CC2)CC1. The molecule has 5 nitrogen and oxygen atoms in total. The van der Waals surface area contributed by atoms with Gasteiger partial charge in [-0.2, -0.15) is 0 Å². The first-order valence-corrected chi connectivity index (χ1v) is 6.87. The number of piperazine rings is 1. The average molecular weight is 261 g/mol. The van der Waals surface area contributed by atoms with Crippen molar-refractivity contribution in [3.8, 4) is 0 Å². The van der Waals surface area contributed by atoms with Crippen LogP contribution in [-0.4, -0.2) is 58.1 Å². The number of hydrogen-bond donors (Lipinski definition) is 1. The summed E-state index contributed by atoms with van der Waals surface area (Å²) < 4.78 is 0. The molecule has 1 aliphatic heterocycles. The van der Waals surface area contributed by atoms with Crippen LogP contribution in [-0.2, 0) is 6.54 Å². The molecule has 0 radical (unpaired) electrons. The summed E-state index contributed by atoms with van der Waals surface area (Å²) in [4.78, 5) is 20.0. The second-order valence-corrected chi connectivity index (χ2v) is 5.36. The smallest absolute Gasteiger partial charge is 0.354 e. The zero-order valence-electron chi connectivity index (χ0n) is 11.0. The number of nitrogens with zero attached hydrogens (tertiary/aromatic N) is 3. The number of pyridine rings is 1. The van der Waals surface area contributed by atoms with E-state index in [4.69, 9.17) is 5.11 Å². The quantitative estimate of drug-likeness (QED) is 0.878. The van der Waals surface area contributed by atoms with Crippen LogP contribution in [0.2, 0.25) is 0 Å². The standard InChI is InChI=1S/C14H19N3O2/c18-14(19)13-11(2-1-5-15-13)10-16-6-8-17(9-7-16)12-3-4-12/h1-2,5,12H,3-4,6-10H2,(H,18,19). The van der Waals surface area contributed by atoms with Gasteiger partial charge in [-0.15, -0.1) is 0 Å². The minimum absolute atomic E-state index is 0.187. The third-order valence-corrected chi connectivity index (χ3v) is 3.96. The first-order chi connectivity index (χ1) is 9.24. The highest BCUT2D eigenvalue weighted by Crippen LogP contribution is 2.27. The van der Waals surface area contributed by atoms with Crippen LogP contribution >= 0.6 is 0 Å². The van der Waals surface area contributed by atoms with E-state index in [-0.39, 0.29) is 5.69 Å². The molecular weight excluding hydrogens is 242 g/mol. The van der Waals surface area contributed by atoms with Gasteiger partial charge >= 0.3 is 5.97 Å². The van der Waals surface area contributed by atoms with E-state index in [1.54, 1.807) is 0 Å². The van der Waals surface area contributed by atoms with Crippen LogP contribution in [0.25, 0.3) is 0 Å². The first kappa shape index (κ1) is 12.6. The maximum Gasteiger partial charge on any atom is 0.354 e. The van der Waals surface area contributed by atoms with Crippen molar-refractivity contribution < 1.29 is 9.90 Å². The van der Waals surface area contributed by atoms with Crippen molar-refractivity contribution in [2.45, 2.75) is 25.4 Å². The summed E-state index contributed by atoms with van der Waals surface area (Å²) in [5.74, 6) is -0.938. The molecule has 0 bridgehead atoms. The highest BCUT2D eigenvalue weighted by atomic mass is 16.4. The molecule has 102 valence electrons. The van der Waals surface area contributed by atoms with Crippen molar-refractivity contribution in [1.82, 2.24) is 14.8 Å². The number of carbonyl (C=O) groups is 1. The molecule has 19 heavy (non-hydrogen) atoms. The zero-order chi connectivity index (χ0) is 13.2. The molecule has 0 unspecified atom stereocenters. The third-order valence-electron chi connectivity index (χ3n) is 3.96. The molecule has 1 N–H and O–H groups in total. The Balaban J connectivity index is 1.61. The molecule has 1 saturated carbocycles. The van der Waals surface area contributed by atoms with Gasteiger partial charge in [0.05, 0.1) is 0 Å². The molecule has 0 spiro atoms. The highest BCUT2D eigenvalue weighted by molar-refractivity contribution is 5.86. The van der Waals surface area contributed by atoms with Crippen LogP contribution in [0, 0.1) is 0 Å². The monoisotopic (exact) mass is 261 g/mol. The van der Waals surface area contributed by atoms with Crippen molar-refractivity contribution in [1.29, 1.82) is 0 Å². The molecule has 0 aromatic carbocycles. The average Bonchev–Trinajstić information content (AvgIpc) is 3.24. The van der Waals surface area contributed by atoms with E-state index in [9.17, 15) is 4.79 Å². The number of carboxylic acid groups (broad SMARTS) is 1. The normalized spacial score (nSPS) is 21.5. The minimum Gasteiger partial charge on any atom is -0.477 e. The van der Waals surface area contributed by atoms with Crippen LogP contribution in [0.3, 0.4) is 0 Å². The predicted octanol–water partition coefficient (Wildman–Crippen LogP) is 1.06. The fraction of sp³-hybridized carbons (Fsp3) is 0.571. The second-order valence-electron chi connectivity index (χ2n) is 5.36. The van der Waals surface area contributed by atoms with Crippen molar-refractivity contribution >= 4 is 5.97 Å². The van der Waals surface area contributed by atoms with E-state index in [0.29, 0.717) is 6.54 Å². The van der Waals surface area contributed by atoms with Gasteiger partial charge in [0.1, 0.15) is 0 Å². The van der Waals surface area contributed by atoms with Crippen LogP contribution in [0.4, 0.5) is 0 Å².